The van der Waals surface area contributed by atoms with Gasteiger partial charge in [0.1, 0.15) is 0 Å². The van der Waals surface area contributed by atoms with Crippen molar-refractivity contribution >= 4 is 35.0 Å². The number of hydrogen-bond acceptors (Lipinski definition) is 4. The quantitative estimate of drug-likeness (QED) is 0.291. The Balaban J connectivity index is 0. The van der Waals surface area contributed by atoms with Crippen LogP contribution in [0.4, 0.5) is 0 Å². The monoisotopic (exact) mass is 167 g/mol. The van der Waals surface area contributed by atoms with Crippen molar-refractivity contribution in [1.82, 2.24) is 0 Å². The molecule has 0 fully saturated rings. The van der Waals surface area contributed by atoms with Gasteiger partial charge in [0, 0.05) is 6.08 Å². The number of aliphatic carboxylic acids is 1. The molecule has 0 saturated heterocycles. The van der Waals surface area contributed by atoms with E-state index in [1.165, 1.54) is 0 Å². The molecule has 0 aliphatic carbocycles. The third-order valence-electron chi connectivity index (χ3n) is 0.642. The van der Waals surface area contributed by atoms with Crippen molar-refractivity contribution in [2.75, 3.05) is 6.61 Å². The largest absolute Gasteiger partial charge is 1.00 e. The number of carboxylic acid groups (broad SMARTS) is 1. The Labute approximate surface area is 80.4 Å². The van der Waals surface area contributed by atoms with E-state index in [2.05, 4.69) is 4.74 Å². The molecule has 57 valence electrons. The summed E-state index contributed by atoms with van der Waals surface area (Å²) in [6, 6.07) is 0. The second-order valence-electron chi connectivity index (χ2n) is 1.40. The minimum atomic E-state index is -1.41. The van der Waals surface area contributed by atoms with Crippen LogP contribution in [0.3, 0.4) is 0 Å². The molecular formula is C6H7MgO4. The van der Waals surface area contributed by atoms with Gasteiger partial charge in [-0.05, 0) is 13.0 Å². The number of rotatable bonds is 3. The van der Waals surface area contributed by atoms with Crippen LogP contribution in [0, 0.1) is 0 Å². The van der Waals surface area contributed by atoms with Crippen LogP contribution in [-0.2, 0) is 14.3 Å². The van der Waals surface area contributed by atoms with Crippen LogP contribution in [-0.4, -0.2) is 41.6 Å². The van der Waals surface area contributed by atoms with E-state index < -0.39 is 11.9 Å². The maximum Gasteiger partial charge on any atom is 1.00 e. The first-order valence-electron chi connectivity index (χ1n) is 2.72. The molecule has 0 aliphatic rings. The van der Waals surface area contributed by atoms with Gasteiger partial charge < -0.3 is 14.6 Å². The molecule has 11 heavy (non-hydrogen) atoms. The molecule has 5 heteroatoms. The van der Waals surface area contributed by atoms with E-state index in [1.54, 1.807) is 6.92 Å². The Bertz CT molecular complexity index is 164. The van der Waals surface area contributed by atoms with Crippen molar-refractivity contribution in [3.8, 4) is 0 Å². The number of esters is 1. The Morgan fingerprint density at radius 3 is 2.36 bits per heavy atom. The predicted octanol–water partition coefficient (Wildman–Crippen LogP) is -1.53. The van der Waals surface area contributed by atoms with Gasteiger partial charge in [-0.1, -0.05) is 0 Å². The maximum atomic E-state index is 10.3. The standard InChI is InChI=1S/C6H8O4.Mg/c1-2-10-6(9)4-3-5(7)8;/h3-4H,2H2,1H3,(H,7,8);/q;+1/p-1/b4-3-;. The second-order valence-corrected chi connectivity index (χ2v) is 1.40. The number of ether oxygens (including phenoxy) is 1. The molecule has 0 spiro atoms. The first-order chi connectivity index (χ1) is 4.66. The summed E-state index contributed by atoms with van der Waals surface area (Å²) in [6.07, 6.45) is 1.43. The molecule has 0 aromatic carbocycles. The van der Waals surface area contributed by atoms with Gasteiger partial charge in [0.2, 0.25) is 0 Å². The summed E-state index contributed by atoms with van der Waals surface area (Å²) in [6.45, 7) is 1.86. The van der Waals surface area contributed by atoms with E-state index in [-0.39, 0.29) is 29.7 Å². The zero-order chi connectivity index (χ0) is 7.98. The molecule has 4 nitrogen and oxygen atoms in total. The van der Waals surface area contributed by atoms with Gasteiger partial charge in [0.25, 0.3) is 0 Å². The van der Waals surface area contributed by atoms with Gasteiger partial charge in [0.15, 0.2) is 0 Å². The van der Waals surface area contributed by atoms with Gasteiger partial charge >= 0.3 is 29.0 Å². The van der Waals surface area contributed by atoms with Crippen molar-refractivity contribution in [3.63, 3.8) is 0 Å². The minimum absolute atomic E-state index is 0. The van der Waals surface area contributed by atoms with Gasteiger partial charge in [-0.3, -0.25) is 0 Å². The Hall–Kier alpha value is -0.554. The fourth-order valence-corrected chi connectivity index (χ4v) is 0.326. The van der Waals surface area contributed by atoms with Crippen molar-refractivity contribution < 1.29 is 19.4 Å². The van der Waals surface area contributed by atoms with Crippen LogP contribution in [0.15, 0.2) is 12.2 Å². The molecule has 0 atom stereocenters. The molecule has 0 heterocycles. The normalized spacial score (nSPS) is 8.82. The van der Waals surface area contributed by atoms with Gasteiger partial charge in [-0.2, -0.15) is 0 Å². The molecule has 0 rings (SSSR count). The second kappa shape index (κ2) is 7.55. The zero-order valence-corrected chi connectivity index (χ0v) is 7.62. The Morgan fingerprint density at radius 1 is 1.45 bits per heavy atom. The first kappa shape index (κ1) is 13.1. The summed E-state index contributed by atoms with van der Waals surface area (Å²) >= 11 is 0. The number of hydrogen-bond donors (Lipinski definition) is 0. The van der Waals surface area contributed by atoms with E-state index in [0.717, 1.165) is 6.08 Å². The number of carbonyl (C=O) groups is 2. The predicted molar refractivity (Wildman–Crippen MR) is 36.5 cm³/mol. The van der Waals surface area contributed by atoms with Crippen LogP contribution in [0.1, 0.15) is 6.92 Å². The van der Waals surface area contributed by atoms with Crippen LogP contribution >= 0.6 is 0 Å². The van der Waals surface area contributed by atoms with Crippen LogP contribution in [0.2, 0.25) is 0 Å². The van der Waals surface area contributed by atoms with Crippen LogP contribution in [0.5, 0.6) is 0 Å². The summed E-state index contributed by atoms with van der Waals surface area (Å²) in [5.41, 5.74) is 0. The molecule has 0 aromatic heterocycles. The topological polar surface area (TPSA) is 66.4 Å². The van der Waals surface area contributed by atoms with Gasteiger partial charge in [-0.25, -0.2) is 4.79 Å². The van der Waals surface area contributed by atoms with Crippen molar-refractivity contribution in [2.45, 2.75) is 6.92 Å². The van der Waals surface area contributed by atoms with Crippen LogP contribution < -0.4 is 5.11 Å². The first-order valence-corrected chi connectivity index (χ1v) is 2.72. The number of carboxylic acids is 1. The Kier molecular flexibility index (Phi) is 8.97. The molecule has 0 unspecified atom stereocenters. The van der Waals surface area contributed by atoms with E-state index >= 15 is 0 Å². The molecule has 1 radical (unpaired) electrons. The SMILES string of the molecule is CCOC(=O)/C=C\C(=O)[O-].[Mg+]. The average Bonchev–Trinajstić information content (AvgIpc) is 1.85. The molecule has 0 aliphatic heterocycles. The van der Waals surface area contributed by atoms with Crippen LogP contribution in [0.25, 0.3) is 0 Å². The van der Waals surface area contributed by atoms with E-state index in [9.17, 15) is 14.7 Å². The average molecular weight is 167 g/mol. The third-order valence-corrected chi connectivity index (χ3v) is 0.642. The van der Waals surface area contributed by atoms with Crippen molar-refractivity contribution in [2.24, 2.45) is 0 Å². The van der Waals surface area contributed by atoms with Gasteiger partial charge in [-0.15, -0.1) is 0 Å². The summed E-state index contributed by atoms with van der Waals surface area (Å²) in [5, 5.41) is 9.70. The number of carbonyl (C=O) groups excluding carboxylic acids is 2. The molecule has 0 aromatic rings. The third kappa shape index (κ3) is 9.45. The van der Waals surface area contributed by atoms with E-state index in [1.807, 2.05) is 0 Å². The van der Waals surface area contributed by atoms with Crippen molar-refractivity contribution in [3.05, 3.63) is 12.2 Å². The van der Waals surface area contributed by atoms with E-state index in [0.29, 0.717) is 6.08 Å². The molecule has 0 N–H and O–H groups in total. The fraction of sp³-hybridized carbons (Fsp3) is 0.333. The summed E-state index contributed by atoms with van der Waals surface area (Å²) in [4.78, 5) is 20.0. The van der Waals surface area contributed by atoms with Gasteiger partial charge in [0.05, 0.1) is 12.6 Å². The fourth-order valence-electron chi connectivity index (χ4n) is 0.326. The molecular weight excluding hydrogens is 160 g/mol. The summed E-state index contributed by atoms with van der Waals surface area (Å²) in [5.74, 6) is -2.08. The summed E-state index contributed by atoms with van der Waals surface area (Å²) < 4.78 is 4.38. The summed E-state index contributed by atoms with van der Waals surface area (Å²) in [7, 11) is 0. The molecule has 0 bridgehead atoms. The van der Waals surface area contributed by atoms with E-state index in [4.69, 9.17) is 0 Å². The Morgan fingerprint density at radius 2 is 2.00 bits per heavy atom. The zero-order valence-electron chi connectivity index (χ0n) is 6.20. The smallest absolute Gasteiger partial charge is 0.545 e. The molecule has 0 amide bonds. The maximum absolute atomic E-state index is 10.3. The minimum Gasteiger partial charge on any atom is -0.545 e. The molecule has 0 saturated carbocycles. The van der Waals surface area contributed by atoms with Crippen molar-refractivity contribution in [1.29, 1.82) is 0 Å².